The summed E-state index contributed by atoms with van der Waals surface area (Å²) in [5.41, 5.74) is 1.94. The number of hydrogen-bond donors (Lipinski definition) is 2. The zero-order valence-electron chi connectivity index (χ0n) is 15.6. The van der Waals surface area contributed by atoms with Crippen LogP contribution in [0.4, 0.5) is 0 Å². The van der Waals surface area contributed by atoms with Gasteiger partial charge in [0.15, 0.2) is 0 Å². The number of benzene rings is 1. The molecule has 0 aliphatic carbocycles. The molecule has 29 heavy (non-hydrogen) atoms. The lowest BCUT2D eigenvalue weighted by Crippen LogP contribution is -2.45. The van der Waals surface area contributed by atoms with E-state index in [1.807, 2.05) is 35.7 Å². The van der Waals surface area contributed by atoms with Crippen LogP contribution in [0.25, 0.3) is 10.6 Å². The number of carbonyl (C=O) groups excluding carboxylic acids is 2. The fourth-order valence-corrected chi connectivity index (χ4v) is 4.21. The molecule has 2 N–H and O–H groups in total. The van der Waals surface area contributed by atoms with E-state index >= 15 is 0 Å². The van der Waals surface area contributed by atoms with Crippen molar-refractivity contribution in [1.82, 2.24) is 20.2 Å². The number of rotatable bonds is 5. The number of H-pyrrole nitrogens is 1. The molecule has 3 heterocycles. The minimum absolute atomic E-state index is 0.186. The summed E-state index contributed by atoms with van der Waals surface area (Å²) in [6.07, 6.45) is 2.77. The second-order valence-corrected chi connectivity index (χ2v) is 7.68. The predicted octanol–water partition coefficient (Wildman–Crippen LogP) is 2.42. The van der Waals surface area contributed by atoms with Gasteiger partial charge in [0.25, 0.3) is 5.91 Å². The first-order chi connectivity index (χ1) is 14.1. The predicted molar refractivity (Wildman–Crippen MR) is 111 cm³/mol. The van der Waals surface area contributed by atoms with Crippen molar-refractivity contribution in [1.29, 1.82) is 0 Å². The standard InChI is InChI=1S/C21H20N4O3S/c26-18-9-8-15(11-22-18)21(28)25-10-4-7-17(25)19(27)23-12-16-13-29-20(24-16)14-5-2-1-3-6-14/h1-3,5-6,8-9,11,13,17H,4,7,10,12H2,(H,22,26)(H,23,27). The van der Waals surface area contributed by atoms with E-state index in [9.17, 15) is 14.4 Å². The van der Waals surface area contributed by atoms with Gasteiger partial charge >= 0.3 is 0 Å². The molecule has 4 rings (SSSR count). The van der Waals surface area contributed by atoms with Gasteiger partial charge in [0.2, 0.25) is 11.5 Å². The van der Waals surface area contributed by atoms with Gasteiger partial charge in [-0.15, -0.1) is 11.3 Å². The van der Waals surface area contributed by atoms with Crippen LogP contribution in [-0.4, -0.2) is 39.3 Å². The second kappa shape index (κ2) is 8.40. The van der Waals surface area contributed by atoms with Crippen LogP contribution in [0, 0.1) is 0 Å². The summed E-state index contributed by atoms with van der Waals surface area (Å²) >= 11 is 1.53. The van der Waals surface area contributed by atoms with Gasteiger partial charge in [-0.1, -0.05) is 30.3 Å². The fraction of sp³-hybridized carbons (Fsp3) is 0.238. The first kappa shape index (κ1) is 19.1. The summed E-state index contributed by atoms with van der Waals surface area (Å²) in [5.74, 6) is -0.437. The summed E-state index contributed by atoms with van der Waals surface area (Å²) < 4.78 is 0. The molecule has 0 saturated carbocycles. The molecule has 1 aliphatic rings. The number of likely N-dealkylation sites (tertiary alicyclic amines) is 1. The third-order valence-electron chi connectivity index (χ3n) is 4.86. The summed E-state index contributed by atoms with van der Waals surface area (Å²) in [4.78, 5) is 45.3. The maximum atomic E-state index is 12.7. The van der Waals surface area contributed by atoms with Crippen LogP contribution in [0.5, 0.6) is 0 Å². The van der Waals surface area contributed by atoms with Crippen LogP contribution in [0.1, 0.15) is 28.9 Å². The molecular formula is C21H20N4O3S. The zero-order valence-corrected chi connectivity index (χ0v) is 16.4. The number of aromatic amines is 1. The highest BCUT2D eigenvalue weighted by Crippen LogP contribution is 2.24. The van der Waals surface area contributed by atoms with E-state index in [0.717, 1.165) is 22.7 Å². The Kier molecular flexibility index (Phi) is 5.53. The molecule has 1 fully saturated rings. The van der Waals surface area contributed by atoms with Crippen LogP contribution in [0.3, 0.4) is 0 Å². The average molecular weight is 408 g/mol. The van der Waals surface area contributed by atoms with Crippen molar-refractivity contribution in [2.24, 2.45) is 0 Å². The number of amides is 2. The van der Waals surface area contributed by atoms with Gasteiger partial charge in [-0.25, -0.2) is 4.98 Å². The number of thiazole rings is 1. The largest absolute Gasteiger partial charge is 0.349 e. The molecule has 1 unspecified atom stereocenters. The number of nitrogens with one attached hydrogen (secondary N) is 2. The van der Waals surface area contributed by atoms with Crippen molar-refractivity contribution < 1.29 is 9.59 Å². The molecule has 1 aliphatic heterocycles. The van der Waals surface area contributed by atoms with Crippen LogP contribution >= 0.6 is 11.3 Å². The van der Waals surface area contributed by atoms with E-state index in [0.29, 0.717) is 25.1 Å². The quantitative estimate of drug-likeness (QED) is 0.678. The molecule has 0 radical (unpaired) electrons. The number of aromatic nitrogens is 2. The average Bonchev–Trinajstić information content (AvgIpc) is 3.43. The van der Waals surface area contributed by atoms with Crippen molar-refractivity contribution in [3.8, 4) is 10.6 Å². The first-order valence-electron chi connectivity index (χ1n) is 9.39. The van der Waals surface area contributed by atoms with Crippen molar-refractivity contribution in [3.63, 3.8) is 0 Å². The Morgan fingerprint density at radius 3 is 2.79 bits per heavy atom. The van der Waals surface area contributed by atoms with Gasteiger partial charge in [0, 0.05) is 29.8 Å². The topological polar surface area (TPSA) is 95.2 Å². The summed E-state index contributed by atoms with van der Waals surface area (Å²) in [6, 6.07) is 12.2. The molecule has 1 saturated heterocycles. The second-order valence-electron chi connectivity index (χ2n) is 6.83. The van der Waals surface area contributed by atoms with Gasteiger partial charge in [-0.05, 0) is 18.9 Å². The van der Waals surface area contributed by atoms with E-state index in [4.69, 9.17) is 0 Å². The third-order valence-corrected chi connectivity index (χ3v) is 5.80. The summed E-state index contributed by atoms with van der Waals surface area (Å²) in [7, 11) is 0. The van der Waals surface area contributed by atoms with Crippen LogP contribution in [0.2, 0.25) is 0 Å². The number of hydrogen-bond acceptors (Lipinski definition) is 5. The van der Waals surface area contributed by atoms with E-state index in [1.165, 1.54) is 29.7 Å². The number of nitrogens with zero attached hydrogens (tertiary/aromatic N) is 2. The minimum Gasteiger partial charge on any atom is -0.349 e. The highest BCUT2D eigenvalue weighted by atomic mass is 32.1. The molecule has 0 bridgehead atoms. The Morgan fingerprint density at radius 1 is 1.21 bits per heavy atom. The molecule has 148 valence electrons. The summed E-state index contributed by atoms with van der Waals surface area (Å²) in [5, 5.41) is 5.74. The van der Waals surface area contributed by atoms with Crippen molar-refractivity contribution >= 4 is 23.2 Å². The van der Waals surface area contributed by atoms with Gasteiger partial charge in [0.1, 0.15) is 11.0 Å². The van der Waals surface area contributed by atoms with Gasteiger partial charge in [0.05, 0.1) is 17.8 Å². The normalized spacial score (nSPS) is 16.0. The molecule has 2 aromatic heterocycles. The lowest BCUT2D eigenvalue weighted by atomic mass is 10.2. The zero-order chi connectivity index (χ0) is 20.2. The molecular weight excluding hydrogens is 388 g/mol. The maximum absolute atomic E-state index is 12.7. The van der Waals surface area contributed by atoms with E-state index < -0.39 is 6.04 Å². The van der Waals surface area contributed by atoms with Crippen LogP contribution in [0.15, 0.2) is 58.8 Å². The van der Waals surface area contributed by atoms with Crippen molar-refractivity contribution in [2.45, 2.75) is 25.4 Å². The Balaban J connectivity index is 1.39. The molecule has 1 aromatic carbocycles. The smallest absolute Gasteiger partial charge is 0.256 e. The molecule has 2 amide bonds. The van der Waals surface area contributed by atoms with Gasteiger partial charge < -0.3 is 15.2 Å². The number of pyridine rings is 1. The highest BCUT2D eigenvalue weighted by molar-refractivity contribution is 7.13. The van der Waals surface area contributed by atoms with Crippen molar-refractivity contribution in [2.75, 3.05) is 6.54 Å². The molecule has 7 nitrogen and oxygen atoms in total. The maximum Gasteiger partial charge on any atom is 0.256 e. The third kappa shape index (κ3) is 4.27. The number of carbonyl (C=O) groups is 2. The van der Waals surface area contributed by atoms with Gasteiger partial charge in [-0.2, -0.15) is 0 Å². The molecule has 8 heteroatoms. The van der Waals surface area contributed by atoms with Crippen molar-refractivity contribution in [3.05, 3.63) is 75.7 Å². The molecule has 0 spiro atoms. The minimum atomic E-state index is -0.512. The summed E-state index contributed by atoms with van der Waals surface area (Å²) in [6.45, 7) is 0.838. The van der Waals surface area contributed by atoms with E-state index in [-0.39, 0.29) is 17.4 Å². The first-order valence-corrected chi connectivity index (χ1v) is 10.3. The lowest BCUT2D eigenvalue weighted by Gasteiger charge is -2.23. The molecule has 1 atom stereocenters. The highest BCUT2D eigenvalue weighted by Gasteiger charge is 2.34. The lowest BCUT2D eigenvalue weighted by molar-refractivity contribution is -0.125. The SMILES string of the molecule is O=C(NCc1csc(-c2ccccc2)n1)C1CCCN1C(=O)c1ccc(=O)[nH]c1. The Hall–Kier alpha value is -3.26. The Labute approximate surface area is 171 Å². The Bertz CT molecular complexity index is 1060. The van der Waals surface area contributed by atoms with Gasteiger partial charge in [-0.3, -0.25) is 14.4 Å². The van der Waals surface area contributed by atoms with Crippen LogP contribution in [-0.2, 0) is 11.3 Å². The Morgan fingerprint density at radius 2 is 2.03 bits per heavy atom. The van der Waals surface area contributed by atoms with E-state index in [2.05, 4.69) is 15.3 Å². The van der Waals surface area contributed by atoms with E-state index in [1.54, 1.807) is 4.90 Å². The molecule has 3 aromatic rings. The fourth-order valence-electron chi connectivity index (χ4n) is 3.39. The monoisotopic (exact) mass is 408 g/mol. The van der Waals surface area contributed by atoms with Crippen LogP contribution < -0.4 is 10.9 Å².